The Labute approximate surface area is 98.1 Å². The van der Waals surface area contributed by atoms with Crippen LogP contribution in [-0.4, -0.2) is 27.0 Å². The third kappa shape index (κ3) is 2.77. The van der Waals surface area contributed by atoms with Crippen LogP contribution >= 0.6 is 0 Å². The summed E-state index contributed by atoms with van der Waals surface area (Å²) in [7, 11) is 0. The van der Waals surface area contributed by atoms with Gasteiger partial charge in [-0.15, -0.1) is 0 Å². The van der Waals surface area contributed by atoms with E-state index in [1.165, 1.54) is 0 Å². The van der Waals surface area contributed by atoms with Crippen molar-refractivity contribution in [3.05, 3.63) is 23.8 Å². The van der Waals surface area contributed by atoms with Crippen LogP contribution in [0.5, 0.6) is 0 Å². The summed E-state index contributed by atoms with van der Waals surface area (Å²) >= 11 is 0. The smallest absolute Gasteiger partial charge is 0.307 e. The van der Waals surface area contributed by atoms with Gasteiger partial charge < -0.3 is 10.4 Å². The summed E-state index contributed by atoms with van der Waals surface area (Å²) in [5.41, 5.74) is 1.48. The number of amides is 1. The van der Waals surface area contributed by atoms with Crippen molar-refractivity contribution in [2.24, 2.45) is 11.8 Å². The van der Waals surface area contributed by atoms with Crippen LogP contribution in [-0.2, 0) is 16.1 Å². The molecule has 0 radical (unpaired) electrons. The zero-order valence-corrected chi connectivity index (χ0v) is 9.38. The van der Waals surface area contributed by atoms with Gasteiger partial charge in [-0.05, 0) is 13.3 Å². The number of aryl methyl sites for hydroxylation is 1. The number of carbonyl (C=O) groups excluding carboxylic acids is 1. The maximum Gasteiger partial charge on any atom is 0.307 e. The Bertz CT molecular complexity index is 444. The van der Waals surface area contributed by atoms with E-state index in [0.717, 1.165) is 5.69 Å². The molecule has 6 nitrogen and oxygen atoms in total. The monoisotopic (exact) mass is 235 g/mol. The van der Waals surface area contributed by atoms with E-state index in [2.05, 4.69) is 15.3 Å². The summed E-state index contributed by atoms with van der Waals surface area (Å²) in [6.45, 7) is 2.12. The third-order valence-electron chi connectivity index (χ3n) is 2.72. The minimum atomic E-state index is -0.903. The maximum atomic E-state index is 11.5. The molecule has 2 rings (SSSR count). The Kier molecular flexibility index (Phi) is 3.03. The second-order valence-corrected chi connectivity index (χ2v) is 4.15. The minimum absolute atomic E-state index is 0.222. The maximum absolute atomic E-state index is 11.5. The molecular weight excluding hydrogens is 222 g/mol. The quantitative estimate of drug-likeness (QED) is 0.773. The minimum Gasteiger partial charge on any atom is -0.481 e. The summed E-state index contributed by atoms with van der Waals surface area (Å²) in [4.78, 5) is 30.3. The van der Waals surface area contributed by atoms with Gasteiger partial charge in [0.15, 0.2) is 0 Å². The van der Waals surface area contributed by atoms with Gasteiger partial charge in [-0.2, -0.15) is 0 Å². The fourth-order valence-electron chi connectivity index (χ4n) is 1.58. The molecular formula is C11H13N3O3. The van der Waals surface area contributed by atoms with Crippen LogP contribution in [0, 0.1) is 18.8 Å². The average molecular weight is 235 g/mol. The molecule has 1 aliphatic carbocycles. The van der Waals surface area contributed by atoms with Crippen molar-refractivity contribution < 1.29 is 14.7 Å². The molecule has 1 aliphatic rings. The zero-order chi connectivity index (χ0) is 12.4. The number of nitrogens with zero attached hydrogens (tertiary/aromatic N) is 2. The highest BCUT2D eigenvalue weighted by Gasteiger charge is 2.48. The summed E-state index contributed by atoms with van der Waals surface area (Å²) in [5, 5.41) is 11.3. The SMILES string of the molecule is Cc1cnc(CNC(=O)C2CC2C(=O)O)cn1. The first-order valence-corrected chi connectivity index (χ1v) is 5.36. The van der Waals surface area contributed by atoms with E-state index in [9.17, 15) is 9.59 Å². The number of carboxylic acids is 1. The molecule has 1 aromatic heterocycles. The average Bonchev–Trinajstić information content (AvgIpc) is 3.08. The molecule has 0 aliphatic heterocycles. The molecule has 1 fully saturated rings. The van der Waals surface area contributed by atoms with Gasteiger partial charge in [0.1, 0.15) is 0 Å². The van der Waals surface area contributed by atoms with Crippen molar-refractivity contribution in [2.75, 3.05) is 0 Å². The van der Waals surface area contributed by atoms with E-state index < -0.39 is 11.9 Å². The van der Waals surface area contributed by atoms with Gasteiger partial charge in [-0.25, -0.2) is 0 Å². The van der Waals surface area contributed by atoms with Crippen molar-refractivity contribution in [3.63, 3.8) is 0 Å². The number of rotatable bonds is 4. The van der Waals surface area contributed by atoms with Crippen molar-refractivity contribution in [1.29, 1.82) is 0 Å². The van der Waals surface area contributed by atoms with Crippen LogP contribution in [0.15, 0.2) is 12.4 Å². The second-order valence-electron chi connectivity index (χ2n) is 4.15. The van der Waals surface area contributed by atoms with Crippen LogP contribution in [0.4, 0.5) is 0 Å². The van der Waals surface area contributed by atoms with Gasteiger partial charge in [-0.1, -0.05) is 0 Å². The van der Waals surface area contributed by atoms with E-state index in [4.69, 9.17) is 5.11 Å². The number of carboxylic acid groups (broad SMARTS) is 1. The normalized spacial score (nSPS) is 21.9. The Balaban J connectivity index is 1.81. The summed E-state index contributed by atoms with van der Waals surface area (Å²) in [5.74, 6) is -2.02. The second kappa shape index (κ2) is 4.48. The lowest BCUT2D eigenvalue weighted by atomic mass is 10.3. The summed E-state index contributed by atoms with van der Waals surface area (Å²) in [6.07, 6.45) is 3.65. The Morgan fingerprint density at radius 1 is 1.41 bits per heavy atom. The zero-order valence-electron chi connectivity index (χ0n) is 9.38. The highest BCUT2D eigenvalue weighted by Crippen LogP contribution is 2.38. The van der Waals surface area contributed by atoms with Crippen molar-refractivity contribution in [3.8, 4) is 0 Å². The molecule has 17 heavy (non-hydrogen) atoms. The Morgan fingerprint density at radius 2 is 2.18 bits per heavy atom. The molecule has 1 heterocycles. The number of aliphatic carboxylic acids is 1. The van der Waals surface area contributed by atoms with Crippen molar-refractivity contribution in [2.45, 2.75) is 19.9 Å². The lowest BCUT2D eigenvalue weighted by Crippen LogP contribution is -2.26. The molecule has 0 saturated heterocycles. The predicted molar refractivity (Wildman–Crippen MR) is 57.8 cm³/mol. The predicted octanol–water partition coefficient (Wildman–Crippen LogP) is 0.122. The fourth-order valence-corrected chi connectivity index (χ4v) is 1.58. The van der Waals surface area contributed by atoms with Gasteiger partial charge in [0.2, 0.25) is 5.91 Å². The first-order chi connectivity index (χ1) is 8.08. The van der Waals surface area contributed by atoms with Crippen LogP contribution in [0.25, 0.3) is 0 Å². The molecule has 1 aromatic rings. The largest absolute Gasteiger partial charge is 0.481 e. The van der Waals surface area contributed by atoms with Crippen LogP contribution in [0.2, 0.25) is 0 Å². The van der Waals surface area contributed by atoms with E-state index >= 15 is 0 Å². The van der Waals surface area contributed by atoms with Gasteiger partial charge in [0.05, 0.1) is 36.0 Å². The van der Waals surface area contributed by atoms with Gasteiger partial charge in [0, 0.05) is 6.20 Å². The fraction of sp³-hybridized carbons (Fsp3) is 0.455. The topological polar surface area (TPSA) is 92.2 Å². The van der Waals surface area contributed by atoms with Crippen molar-refractivity contribution >= 4 is 11.9 Å². The van der Waals surface area contributed by atoms with Gasteiger partial charge in [-0.3, -0.25) is 19.6 Å². The summed E-state index contributed by atoms with van der Waals surface area (Å²) < 4.78 is 0. The number of nitrogens with one attached hydrogen (secondary N) is 1. The van der Waals surface area contributed by atoms with Crippen LogP contribution < -0.4 is 5.32 Å². The standard InChI is InChI=1S/C11H13N3O3/c1-6-3-13-7(4-12-6)5-14-10(15)8-2-9(8)11(16)17/h3-4,8-9H,2,5H2,1H3,(H,14,15)(H,16,17). The van der Waals surface area contributed by atoms with E-state index in [1.807, 2.05) is 6.92 Å². The van der Waals surface area contributed by atoms with Gasteiger partial charge in [0.25, 0.3) is 0 Å². The molecule has 90 valence electrons. The molecule has 2 atom stereocenters. The molecule has 2 N–H and O–H groups in total. The first-order valence-electron chi connectivity index (χ1n) is 5.36. The number of carbonyl (C=O) groups is 2. The van der Waals surface area contributed by atoms with E-state index in [0.29, 0.717) is 12.1 Å². The summed E-state index contributed by atoms with van der Waals surface area (Å²) in [6, 6.07) is 0. The number of hydrogen-bond donors (Lipinski definition) is 2. The molecule has 0 spiro atoms. The first kappa shape index (κ1) is 11.5. The Hall–Kier alpha value is -1.98. The lowest BCUT2D eigenvalue weighted by Gasteiger charge is -2.03. The molecule has 2 unspecified atom stereocenters. The molecule has 1 saturated carbocycles. The van der Waals surface area contributed by atoms with E-state index in [-0.39, 0.29) is 18.4 Å². The molecule has 0 aromatic carbocycles. The number of hydrogen-bond acceptors (Lipinski definition) is 4. The number of aromatic nitrogens is 2. The van der Waals surface area contributed by atoms with E-state index in [1.54, 1.807) is 12.4 Å². The molecule has 1 amide bonds. The van der Waals surface area contributed by atoms with Gasteiger partial charge >= 0.3 is 5.97 Å². The lowest BCUT2D eigenvalue weighted by molar-refractivity contribution is -0.140. The van der Waals surface area contributed by atoms with Crippen LogP contribution in [0.3, 0.4) is 0 Å². The Morgan fingerprint density at radius 3 is 2.71 bits per heavy atom. The molecule has 6 heteroatoms. The highest BCUT2D eigenvalue weighted by molar-refractivity contribution is 5.89. The van der Waals surface area contributed by atoms with Crippen molar-refractivity contribution in [1.82, 2.24) is 15.3 Å². The highest BCUT2D eigenvalue weighted by atomic mass is 16.4. The molecule has 0 bridgehead atoms. The third-order valence-corrected chi connectivity index (χ3v) is 2.72. The van der Waals surface area contributed by atoms with Crippen LogP contribution in [0.1, 0.15) is 17.8 Å².